The van der Waals surface area contributed by atoms with E-state index in [0.29, 0.717) is 18.6 Å². The van der Waals surface area contributed by atoms with Crippen molar-refractivity contribution in [3.8, 4) is 0 Å². The number of nitro groups is 1. The van der Waals surface area contributed by atoms with Gasteiger partial charge in [0.2, 0.25) is 6.04 Å². The lowest BCUT2D eigenvalue weighted by atomic mass is 10.2. The highest BCUT2D eigenvalue weighted by Crippen LogP contribution is 2.21. The van der Waals surface area contributed by atoms with E-state index in [9.17, 15) is 14.9 Å². The van der Waals surface area contributed by atoms with Crippen LogP contribution >= 0.6 is 0 Å². The van der Waals surface area contributed by atoms with Gasteiger partial charge in [0.25, 0.3) is 0 Å². The fraction of sp³-hybridized carbons (Fsp3) is 0.625. The van der Waals surface area contributed by atoms with E-state index in [1.165, 1.54) is 0 Å². The maximum absolute atomic E-state index is 11.1. The molecule has 5 heteroatoms. The topological polar surface area (TPSA) is 69.4 Å². The van der Waals surface area contributed by atoms with Gasteiger partial charge in [0, 0.05) is 23.3 Å². The van der Waals surface area contributed by atoms with Crippen LogP contribution in [-0.2, 0) is 9.53 Å². The first-order valence-electron chi connectivity index (χ1n) is 4.14. The summed E-state index contributed by atoms with van der Waals surface area (Å²) in [6.45, 7) is 2.01. The minimum absolute atomic E-state index is 0.200. The summed E-state index contributed by atoms with van der Waals surface area (Å²) in [4.78, 5) is 21.1. The van der Waals surface area contributed by atoms with Gasteiger partial charge < -0.3 is 4.74 Å². The lowest BCUT2D eigenvalue weighted by Crippen LogP contribution is -2.17. The molecule has 0 fully saturated rings. The molecule has 1 rings (SSSR count). The summed E-state index contributed by atoms with van der Waals surface area (Å²) in [6.07, 6.45) is 2.12. The third-order valence-corrected chi connectivity index (χ3v) is 1.93. The monoisotopic (exact) mass is 185 g/mol. The van der Waals surface area contributed by atoms with Gasteiger partial charge in [0.05, 0.1) is 6.61 Å². The van der Waals surface area contributed by atoms with Crippen LogP contribution in [0.25, 0.3) is 0 Å². The van der Waals surface area contributed by atoms with E-state index in [1.807, 2.05) is 0 Å². The third kappa shape index (κ3) is 2.27. The molecule has 0 spiro atoms. The van der Waals surface area contributed by atoms with E-state index < -0.39 is 12.0 Å². The van der Waals surface area contributed by atoms with Gasteiger partial charge in [0.1, 0.15) is 0 Å². The van der Waals surface area contributed by atoms with Crippen molar-refractivity contribution in [3.63, 3.8) is 0 Å². The Morgan fingerprint density at radius 1 is 1.85 bits per heavy atom. The molecule has 0 bridgehead atoms. The summed E-state index contributed by atoms with van der Waals surface area (Å²) in [5.41, 5.74) is 0.434. The van der Waals surface area contributed by atoms with Crippen LogP contribution in [0.1, 0.15) is 19.8 Å². The summed E-state index contributed by atoms with van der Waals surface area (Å²) >= 11 is 0. The van der Waals surface area contributed by atoms with Gasteiger partial charge in [-0.1, -0.05) is 6.08 Å². The number of hydrogen-bond donors (Lipinski definition) is 0. The molecule has 0 heterocycles. The van der Waals surface area contributed by atoms with Gasteiger partial charge in [-0.25, -0.2) is 4.79 Å². The van der Waals surface area contributed by atoms with Gasteiger partial charge in [-0.2, -0.15) is 0 Å². The molecule has 0 aromatic heterocycles. The predicted molar refractivity (Wildman–Crippen MR) is 44.7 cm³/mol. The van der Waals surface area contributed by atoms with Gasteiger partial charge in [-0.05, 0) is 6.92 Å². The van der Waals surface area contributed by atoms with Crippen LogP contribution in [-0.4, -0.2) is 23.5 Å². The van der Waals surface area contributed by atoms with Crippen molar-refractivity contribution in [1.29, 1.82) is 0 Å². The zero-order valence-corrected chi connectivity index (χ0v) is 7.36. The summed E-state index contributed by atoms with van der Waals surface area (Å²) in [7, 11) is 0. The number of hydrogen-bond acceptors (Lipinski definition) is 4. The van der Waals surface area contributed by atoms with Gasteiger partial charge in [-0.3, -0.25) is 10.1 Å². The molecule has 1 unspecified atom stereocenters. The highest BCUT2D eigenvalue weighted by Gasteiger charge is 2.30. The standard InChI is InChI=1S/C8H11NO4/c1-2-13-8(10)6-3-4-7(5-6)9(11)12/h3,7H,2,4-5H2,1H3. The number of carbonyl (C=O) groups is 1. The van der Waals surface area contributed by atoms with Crippen molar-refractivity contribution in [1.82, 2.24) is 0 Å². The van der Waals surface area contributed by atoms with E-state index in [4.69, 9.17) is 4.74 Å². The molecule has 0 radical (unpaired) electrons. The largest absolute Gasteiger partial charge is 0.463 e. The first-order chi connectivity index (χ1) is 6.15. The molecule has 1 atom stereocenters. The summed E-state index contributed by atoms with van der Waals surface area (Å²) in [5, 5.41) is 10.3. The second-order valence-electron chi connectivity index (χ2n) is 2.83. The van der Waals surface area contributed by atoms with Crippen LogP contribution in [0.3, 0.4) is 0 Å². The Morgan fingerprint density at radius 2 is 2.54 bits per heavy atom. The van der Waals surface area contributed by atoms with E-state index in [2.05, 4.69) is 0 Å². The lowest BCUT2D eigenvalue weighted by Gasteiger charge is -2.02. The molecular formula is C8H11NO4. The molecule has 13 heavy (non-hydrogen) atoms. The first-order valence-corrected chi connectivity index (χ1v) is 4.14. The first kappa shape index (κ1) is 9.70. The molecular weight excluding hydrogens is 174 g/mol. The maximum Gasteiger partial charge on any atom is 0.333 e. The Labute approximate surface area is 75.5 Å². The van der Waals surface area contributed by atoms with Gasteiger partial charge in [-0.15, -0.1) is 0 Å². The molecule has 0 amide bonds. The zero-order valence-electron chi connectivity index (χ0n) is 7.36. The molecule has 0 N–H and O–H groups in total. The van der Waals surface area contributed by atoms with Crippen molar-refractivity contribution in [2.45, 2.75) is 25.8 Å². The minimum Gasteiger partial charge on any atom is -0.463 e. The average molecular weight is 185 g/mol. The summed E-state index contributed by atoms with van der Waals surface area (Å²) < 4.78 is 4.72. The molecule has 1 aliphatic rings. The van der Waals surface area contributed by atoms with Crippen LogP contribution in [0.2, 0.25) is 0 Å². The fourth-order valence-corrected chi connectivity index (χ4v) is 1.25. The van der Waals surface area contributed by atoms with E-state index in [-0.39, 0.29) is 11.3 Å². The fourth-order valence-electron chi connectivity index (χ4n) is 1.25. The molecule has 0 saturated carbocycles. The Hall–Kier alpha value is -1.39. The molecule has 0 saturated heterocycles. The van der Waals surface area contributed by atoms with Crippen molar-refractivity contribution in [3.05, 3.63) is 21.8 Å². The van der Waals surface area contributed by atoms with Crippen molar-refractivity contribution in [2.24, 2.45) is 0 Å². The lowest BCUT2D eigenvalue weighted by molar-refractivity contribution is -0.519. The van der Waals surface area contributed by atoms with Crippen molar-refractivity contribution in [2.75, 3.05) is 6.61 Å². The summed E-state index contributed by atoms with van der Waals surface area (Å²) in [5.74, 6) is -0.424. The van der Waals surface area contributed by atoms with Gasteiger partial charge >= 0.3 is 5.97 Å². The maximum atomic E-state index is 11.1. The smallest absolute Gasteiger partial charge is 0.333 e. The van der Waals surface area contributed by atoms with Crippen molar-refractivity contribution < 1.29 is 14.5 Å². The molecule has 72 valence electrons. The second kappa shape index (κ2) is 4.02. The number of rotatable bonds is 3. The van der Waals surface area contributed by atoms with E-state index in [0.717, 1.165) is 0 Å². The Bertz CT molecular complexity index is 259. The van der Waals surface area contributed by atoms with E-state index in [1.54, 1.807) is 13.0 Å². The number of carbonyl (C=O) groups excluding carboxylic acids is 1. The SMILES string of the molecule is CCOC(=O)C1=CCC([N+](=O)[O-])C1. The van der Waals surface area contributed by atoms with Crippen LogP contribution < -0.4 is 0 Å². The Morgan fingerprint density at radius 3 is 3.00 bits per heavy atom. The molecule has 0 aromatic carbocycles. The summed E-state index contributed by atoms with van der Waals surface area (Å²) in [6, 6.07) is -0.639. The normalized spacial score (nSPS) is 21.0. The van der Waals surface area contributed by atoms with Crippen LogP contribution in [0, 0.1) is 10.1 Å². The number of nitrogens with zero attached hydrogens (tertiary/aromatic N) is 1. The van der Waals surface area contributed by atoms with Crippen LogP contribution in [0.4, 0.5) is 0 Å². The van der Waals surface area contributed by atoms with Crippen molar-refractivity contribution >= 4 is 5.97 Å². The number of ether oxygens (including phenoxy) is 1. The van der Waals surface area contributed by atoms with Crippen LogP contribution in [0.15, 0.2) is 11.6 Å². The molecule has 1 aliphatic carbocycles. The minimum atomic E-state index is -0.639. The highest BCUT2D eigenvalue weighted by molar-refractivity contribution is 5.89. The second-order valence-corrected chi connectivity index (χ2v) is 2.83. The molecule has 0 aromatic rings. The van der Waals surface area contributed by atoms with Crippen LogP contribution in [0.5, 0.6) is 0 Å². The molecule has 0 aliphatic heterocycles. The zero-order chi connectivity index (χ0) is 9.84. The van der Waals surface area contributed by atoms with E-state index >= 15 is 0 Å². The number of esters is 1. The Balaban J connectivity index is 2.48. The predicted octanol–water partition coefficient (Wildman–Crippen LogP) is 0.915. The Kier molecular flexibility index (Phi) is 3.00. The third-order valence-electron chi connectivity index (χ3n) is 1.93. The van der Waals surface area contributed by atoms with Gasteiger partial charge in [0.15, 0.2) is 0 Å². The average Bonchev–Trinajstić information content (AvgIpc) is 2.52. The highest BCUT2D eigenvalue weighted by atomic mass is 16.6. The quantitative estimate of drug-likeness (QED) is 0.372. The molecule has 5 nitrogen and oxygen atoms in total.